The fourth-order valence-electron chi connectivity index (χ4n) is 2.96. The average Bonchev–Trinajstić information content (AvgIpc) is 3.07. The van der Waals surface area contributed by atoms with Crippen LogP contribution in [-0.2, 0) is 11.2 Å². The van der Waals surface area contributed by atoms with Crippen LogP contribution < -0.4 is 5.32 Å². The van der Waals surface area contributed by atoms with Crippen molar-refractivity contribution < 1.29 is 9.21 Å². The van der Waals surface area contributed by atoms with Crippen LogP contribution >= 0.6 is 0 Å². The molecule has 0 radical (unpaired) electrons. The molecule has 1 N–H and O–H groups in total. The molecule has 118 valence electrons. The molecule has 21 heavy (non-hydrogen) atoms. The zero-order valence-corrected chi connectivity index (χ0v) is 13.8. The first-order valence-electron chi connectivity index (χ1n) is 7.89. The van der Waals surface area contributed by atoms with E-state index in [0.717, 1.165) is 18.7 Å². The topological polar surface area (TPSA) is 68.0 Å². The minimum absolute atomic E-state index is 0.00205. The smallest absolute Gasteiger partial charge is 0.223 e. The van der Waals surface area contributed by atoms with Crippen LogP contribution in [0, 0.1) is 17.3 Å². The molecule has 0 bridgehead atoms. The Morgan fingerprint density at radius 1 is 1.33 bits per heavy atom. The number of hydrogen-bond donors (Lipinski definition) is 1. The quantitative estimate of drug-likeness (QED) is 0.875. The Kier molecular flexibility index (Phi) is 4.69. The first kappa shape index (κ1) is 16.0. The summed E-state index contributed by atoms with van der Waals surface area (Å²) in [5.41, 5.74) is -0.0398. The third-order valence-electron chi connectivity index (χ3n) is 3.93. The van der Waals surface area contributed by atoms with E-state index in [9.17, 15) is 4.79 Å². The number of carbonyl (C=O) groups excluding carboxylic acids is 1. The summed E-state index contributed by atoms with van der Waals surface area (Å²) in [7, 11) is 0. The number of nitrogens with one attached hydrogen (secondary N) is 1. The van der Waals surface area contributed by atoms with Gasteiger partial charge in [0.1, 0.15) is 0 Å². The molecule has 5 nitrogen and oxygen atoms in total. The Morgan fingerprint density at radius 2 is 2.00 bits per heavy atom. The summed E-state index contributed by atoms with van der Waals surface area (Å²) in [6.45, 7) is 11.1. The van der Waals surface area contributed by atoms with Gasteiger partial charge in [-0.1, -0.05) is 34.6 Å². The van der Waals surface area contributed by atoms with Crippen molar-refractivity contribution in [2.75, 3.05) is 6.54 Å². The highest BCUT2D eigenvalue weighted by molar-refractivity contribution is 5.79. The lowest BCUT2D eigenvalue weighted by molar-refractivity contribution is -0.130. The number of carbonyl (C=O) groups is 1. The zero-order chi connectivity index (χ0) is 15.6. The Labute approximate surface area is 126 Å². The number of rotatable bonds is 6. The van der Waals surface area contributed by atoms with Crippen LogP contribution in [-0.4, -0.2) is 22.6 Å². The predicted molar refractivity (Wildman–Crippen MR) is 80.8 cm³/mol. The summed E-state index contributed by atoms with van der Waals surface area (Å²) in [4.78, 5) is 12.4. The Bertz CT molecular complexity index is 484. The lowest BCUT2D eigenvalue weighted by Crippen LogP contribution is -2.41. The largest absolute Gasteiger partial charge is 0.425 e. The van der Waals surface area contributed by atoms with E-state index >= 15 is 0 Å². The Balaban J connectivity index is 1.82. The molecule has 1 unspecified atom stereocenters. The van der Waals surface area contributed by atoms with Crippen LogP contribution in [0.2, 0.25) is 0 Å². The molecule has 1 aliphatic rings. The van der Waals surface area contributed by atoms with Gasteiger partial charge in [-0.05, 0) is 24.2 Å². The molecule has 1 heterocycles. The van der Waals surface area contributed by atoms with Gasteiger partial charge in [0, 0.05) is 24.8 Å². The molecule has 2 rings (SSSR count). The summed E-state index contributed by atoms with van der Waals surface area (Å²) in [5, 5.41) is 11.1. The molecule has 1 atom stereocenters. The Morgan fingerprint density at radius 3 is 2.52 bits per heavy atom. The van der Waals surface area contributed by atoms with E-state index in [0.29, 0.717) is 30.7 Å². The van der Waals surface area contributed by atoms with Crippen LogP contribution in [0.4, 0.5) is 0 Å². The van der Waals surface area contributed by atoms with Gasteiger partial charge in [0.2, 0.25) is 17.7 Å². The van der Waals surface area contributed by atoms with Crippen molar-refractivity contribution in [2.24, 2.45) is 17.3 Å². The van der Waals surface area contributed by atoms with E-state index in [2.05, 4.69) is 50.1 Å². The molecular formula is C16H27N3O2. The van der Waals surface area contributed by atoms with Crippen molar-refractivity contribution in [1.29, 1.82) is 0 Å². The maximum Gasteiger partial charge on any atom is 0.223 e. The first-order valence-corrected chi connectivity index (χ1v) is 7.89. The van der Waals surface area contributed by atoms with E-state index in [-0.39, 0.29) is 17.2 Å². The molecule has 1 aliphatic carbocycles. The van der Waals surface area contributed by atoms with Crippen molar-refractivity contribution in [1.82, 2.24) is 15.5 Å². The second-order valence-corrected chi connectivity index (χ2v) is 7.44. The van der Waals surface area contributed by atoms with E-state index < -0.39 is 0 Å². The van der Waals surface area contributed by atoms with Gasteiger partial charge in [-0.2, -0.15) is 0 Å². The molecular weight excluding hydrogens is 266 g/mol. The monoisotopic (exact) mass is 293 g/mol. The molecule has 1 aromatic heterocycles. The SMILES string of the molecule is CC(C)C(C(=O)NCCc1nnc(C2CC2)o1)C(C)(C)C. The van der Waals surface area contributed by atoms with Crippen LogP contribution in [0.5, 0.6) is 0 Å². The highest BCUT2D eigenvalue weighted by Crippen LogP contribution is 2.39. The van der Waals surface area contributed by atoms with Crippen LogP contribution in [0.15, 0.2) is 4.42 Å². The van der Waals surface area contributed by atoms with Crippen molar-refractivity contribution in [3.05, 3.63) is 11.8 Å². The van der Waals surface area contributed by atoms with Gasteiger partial charge in [0.05, 0.1) is 0 Å². The van der Waals surface area contributed by atoms with Gasteiger partial charge >= 0.3 is 0 Å². The van der Waals surface area contributed by atoms with Gasteiger partial charge in [0.25, 0.3) is 0 Å². The lowest BCUT2D eigenvalue weighted by Gasteiger charge is -2.32. The summed E-state index contributed by atoms with van der Waals surface area (Å²) >= 11 is 0. The van der Waals surface area contributed by atoms with Gasteiger partial charge in [0.15, 0.2) is 0 Å². The fourth-order valence-corrected chi connectivity index (χ4v) is 2.96. The number of nitrogens with zero attached hydrogens (tertiary/aromatic N) is 2. The minimum atomic E-state index is -0.0398. The second kappa shape index (κ2) is 6.16. The molecule has 0 spiro atoms. The van der Waals surface area contributed by atoms with Gasteiger partial charge < -0.3 is 9.73 Å². The normalized spacial score (nSPS) is 17.0. The molecule has 1 fully saturated rings. The zero-order valence-electron chi connectivity index (χ0n) is 13.8. The molecule has 5 heteroatoms. The average molecular weight is 293 g/mol. The van der Waals surface area contributed by atoms with E-state index in [1.165, 1.54) is 0 Å². The minimum Gasteiger partial charge on any atom is -0.425 e. The van der Waals surface area contributed by atoms with Crippen molar-refractivity contribution in [3.63, 3.8) is 0 Å². The fraction of sp³-hybridized carbons (Fsp3) is 0.812. The van der Waals surface area contributed by atoms with Crippen LogP contribution in [0.25, 0.3) is 0 Å². The van der Waals surface area contributed by atoms with E-state index in [1.807, 2.05) is 0 Å². The van der Waals surface area contributed by atoms with Gasteiger partial charge in [-0.3, -0.25) is 4.79 Å². The van der Waals surface area contributed by atoms with Gasteiger partial charge in [-0.25, -0.2) is 0 Å². The highest BCUT2D eigenvalue weighted by Gasteiger charge is 2.33. The number of amides is 1. The molecule has 1 saturated carbocycles. The number of hydrogen-bond acceptors (Lipinski definition) is 4. The summed E-state index contributed by atoms with van der Waals surface area (Å²) in [6, 6.07) is 0. The summed E-state index contributed by atoms with van der Waals surface area (Å²) < 4.78 is 5.59. The third-order valence-corrected chi connectivity index (χ3v) is 3.93. The van der Waals surface area contributed by atoms with Crippen molar-refractivity contribution >= 4 is 5.91 Å². The Hall–Kier alpha value is -1.39. The predicted octanol–water partition coefficient (Wildman–Crippen LogP) is 2.92. The highest BCUT2D eigenvalue weighted by atomic mass is 16.4. The summed E-state index contributed by atoms with van der Waals surface area (Å²) in [6.07, 6.45) is 2.90. The summed E-state index contributed by atoms with van der Waals surface area (Å²) in [5.74, 6) is 2.28. The van der Waals surface area contributed by atoms with Crippen molar-refractivity contribution in [2.45, 2.75) is 59.8 Å². The van der Waals surface area contributed by atoms with Crippen molar-refractivity contribution in [3.8, 4) is 0 Å². The molecule has 1 amide bonds. The second-order valence-electron chi connectivity index (χ2n) is 7.44. The maximum atomic E-state index is 12.4. The van der Waals surface area contributed by atoms with Gasteiger partial charge in [-0.15, -0.1) is 10.2 Å². The molecule has 0 saturated heterocycles. The van der Waals surface area contributed by atoms with Crippen LogP contribution in [0.1, 0.15) is 65.2 Å². The molecule has 0 aromatic carbocycles. The van der Waals surface area contributed by atoms with Crippen LogP contribution in [0.3, 0.4) is 0 Å². The number of aromatic nitrogens is 2. The maximum absolute atomic E-state index is 12.4. The lowest BCUT2D eigenvalue weighted by atomic mass is 9.74. The van der Waals surface area contributed by atoms with E-state index in [4.69, 9.17) is 4.42 Å². The molecule has 1 aromatic rings. The third kappa shape index (κ3) is 4.29. The molecule has 0 aliphatic heterocycles. The first-order chi connectivity index (χ1) is 9.79. The van der Waals surface area contributed by atoms with E-state index in [1.54, 1.807) is 0 Å². The standard InChI is InChI=1S/C16H27N3O2/c1-10(2)13(16(3,4)5)14(20)17-9-8-12-18-19-15(21-12)11-6-7-11/h10-11,13H,6-9H2,1-5H3,(H,17,20).